The zero-order valence-corrected chi connectivity index (χ0v) is 6.96. The standard InChI is InChI=1S/C10H12N2/c11-7-8-5-6-12-10-4-2-1-3-9(8)10/h1,3,5-6H,2,4,7,11H2. The molecule has 1 aromatic heterocycles. The average molecular weight is 160 g/mol. The molecular formula is C10H12N2. The van der Waals surface area contributed by atoms with Gasteiger partial charge in [-0.3, -0.25) is 4.98 Å². The third kappa shape index (κ3) is 1.14. The first-order valence-corrected chi connectivity index (χ1v) is 4.25. The minimum absolute atomic E-state index is 0.606. The van der Waals surface area contributed by atoms with Crippen LogP contribution < -0.4 is 5.73 Å². The van der Waals surface area contributed by atoms with Crippen molar-refractivity contribution in [2.24, 2.45) is 5.73 Å². The van der Waals surface area contributed by atoms with Crippen LogP contribution in [0.1, 0.15) is 23.2 Å². The SMILES string of the molecule is NCc1ccnc2c1C=CCC2. The van der Waals surface area contributed by atoms with Gasteiger partial charge in [0.15, 0.2) is 0 Å². The Morgan fingerprint density at radius 2 is 2.42 bits per heavy atom. The van der Waals surface area contributed by atoms with Gasteiger partial charge in [0.2, 0.25) is 0 Å². The number of hydrogen-bond donors (Lipinski definition) is 1. The molecule has 1 aromatic rings. The number of hydrogen-bond acceptors (Lipinski definition) is 2. The van der Waals surface area contributed by atoms with E-state index in [-0.39, 0.29) is 0 Å². The molecule has 12 heavy (non-hydrogen) atoms. The molecule has 0 fully saturated rings. The first kappa shape index (κ1) is 7.50. The molecule has 2 nitrogen and oxygen atoms in total. The van der Waals surface area contributed by atoms with Crippen molar-refractivity contribution in [1.29, 1.82) is 0 Å². The maximum absolute atomic E-state index is 5.61. The molecule has 0 spiro atoms. The van der Waals surface area contributed by atoms with Gasteiger partial charge in [-0.1, -0.05) is 12.2 Å². The van der Waals surface area contributed by atoms with E-state index in [1.807, 2.05) is 12.3 Å². The van der Waals surface area contributed by atoms with E-state index in [0.717, 1.165) is 12.8 Å². The number of pyridine rings is 1. The third-order valence-electron chi connectivity index (χ3n) is 2.22. The van der Waals surface area contributed by atoms with Crippen LogP contribution in [-0.2, 0) is 13.0 Å². The van der Waals surface area contributed by atoms with Crippen LogP contribution in [0.25, 0.3) is 6.08 Å². The summed E-state index contributed by atoms with van der Waals surface area (Å²) < 4.78 is 0. The molecule has 0 aromatic carbocycles. The number of rotatable bonds is 1. The van der Waals surface area contributed by atoms with E-state index in [4.69, 9.17) is 5.73 Å². The first-order chi connectivity index (χ1) is 5.92. The maximum Gasteiger partial charge on any atom is 0.0482 e. The summed E-state index contributed by atoms with van der Waals surface area (Å²) in [6.07, 6.45) is 8.32. The van der Waals surface area contributed by atoms with Crippen LogP contribution in [-0.4, -0.2) is 4.98 Å². The summed E-state index contributed by atoms with van der Waals surface area (Å²) >= 11 is 0. The van der Waals surface area contributed by atoms with Gasteiger partial charge >= 0.3 is 0 Å². The highest BCUT2D eigenvalue weighted by atomic mass is 14.7. The van der Waals surface area contributed by atoms with Gasteiger partial charge < -0.3 is 5.73 Å². The molecule has 0 unspecified atom stereocenters. The molecular weight excluding hydrogens is 148 g/mol. The lowest BCUT2D eigenvalue weighted by molar-refractivity contribution is 0.908. The van der Waals surface area contributed by atoms with Crippen molar-refractivity contribution in [3.8, 4) is 0 Å². The topological polar surface area (TPSA) is 38.9 Å². The molecule has 0 saturated heterocycles. The average Bonchev–Trinajstić information content (AvgIpc) is 2.17. The summed E-state index contributed by atoms with van der Waals surface area (Å²) in [5.41, 5.74) is 9.25. The largest absolute Gasteiger partial charge is 0.326 e. The van der Waals surface area contributed by atoms with Crippen molar-refractivity contribution in [3.05, 3.63) is 35.2 Å². The summed E-state index contributed by atoms with van der Waals surface area (Å²) in [5.74, 6) is 0. The monoisotopic (exact) mass is 160 g/mol. The predicted octanol–water partition coefficient (Wildman–Crippen LogP) is 1.50. The Morgan fingerprint density at radius 3 is 3.25 bits per heavy atom. The minimum atomic E-state index is 0.606. The Morgan fingerprint density at radius 1 is 1.50 bits per heavy atom. The predicted molar refractivity (Wildman–Crippen MR) is 49.5 cm³/mol. The lowest BCUT2D eigenvalue weighted by Gasteiger charge is -2.11. The molecule has 0 saturated carbocycles. The van der Waals surface area contributed by atoms with E-state index in [2.05, 4.69) is 17.1 Å². The number of aryl methyl sites for hydroxylation is 1. The number of aromatic nitrogens is 1. The van der Waals surface area contributed by atoms with Gasteiger partial charge in [0.1, 0.15) is 0 Å². The summed E-state index contributed by atoms with van der Waals surface area (Å²) in [6.45, 7) is 0.606. The summed E-state index contributed by atoms with van der Waals surface area (Å²) in [5, 5.41) is 0. The zero-order chi connectivity index (χ0) is 8.39. The van der Waals surface area contributed by atoms with E-state index in [1.54, 1.807) is 0 Å². The zero-order valence-electron chi connectivity index (χ0n) is 6.96. The molecule has 2 heteroatoms. The fourth-order valence-electron chi connectivity index (χ4n) is 1.56. The van der Waals surface area contributed by atoms with Crippen LogP contribution in [0.5, 0.6) is 0 Å². The second kappa shape index (κ2) is 3.07. The molecule has 1 heterocycles. The lowest BCUT2D eigenvalue weighted by Crippen LogP contribution is -2.05. The molecule has 0 aliphatic heterocycles. The Hall–Kier alpha value is -1.15. The molecule has 1 aliphatic carbocycles. The second-order valence-electron chi connectivity index (χ2n) is 2.98. The van der Waals surface area contributed by atoms with Crippen LogP contribution in [0.4, 0.5) is 0 Å². The Labute approximate surface area is 72.1 Å². The highest BCUT2D eigenvalue weighted by Crippen LogP contribution is 2.19. The van der Waals surface area contributed by atoms with Crippen LogP contribution in [0.3, 0.4) is 0 Å². The van der Waals surface area contributed by atoms with E-state index in [1.165, 1.54) is 16.8 Å². The van der Waals surface area contributed by atoms with Crippen LogP contribution in [0, 0.1) is 0 Å². The number of fused-ring (bicyclic) bond motifs is 1. The van der Waals surface area contributed by atoms with Gasteiger partial charge in [0.05, 0.1) is 0 Å². The van der Waals surface area contributed by atoms with Crippen molar-refractivity contribution >= 4 is 6.08 Å². The van der Waals surface area contributed by atoms with Crippen LogP contribution in [0.15, 0.2) is 18.3 Å². The van der Waals surface area contributed by atoms with Crippen LogP contribution in [0.2, 0.25) is 0 Å². The minimum Gasteiger partial charge on any atom is -0.326 e. The summed E-state index contributed by atoms with van der Waals surface area (Å²) in [7, 11) is 0. The highest BCUT2D eigenvalue weighted by Gasteiger charge is 2.08. The second-order valence-corrected chi connectivity index (χ2v) is 2.98. The van der Waals surface area contributed by atoms with Gasteiger partial charge in [-0.05, 0) is 24.5 Å². The fourth-order valence-corrected chi connectivity index (χ4v) is 1.56. The number of allylic oxidation sites excluding steroid dienone is 1. The van der Waals surface area contributed by atoms with Gasteiger partial charge in [0, 0.05) is 24.0 Å². The first-order valence-electron chi connectivity index (χ1n) is 4.25. The molecule has 0 bridgehead atoms. The summed E-state index contributed by atoms with van der Waals surface area (Å²) in [6, 6.07) is 1.99. The van der Waals surface area contributed by atoms with Crippen LogP contribution >= 0.6 is 0 Å². The Balaban J connectivity index is 2.54. The van der Waals surface area contributed by atoms with E-state index in [0.29, 0.717) is 6.54 Å². The Bertz CT molecular complexity index is 316. The van der Waals surface area contributed by atoms with E-state index < -0.39 is 0 Å². The molecule has 2 N–H and O–H groups in total. The Kier molecular flexibility index (Phi) is 1.92. The van der Waals surface area contributed by atoms with Gasteiger partial charge in [-0.25, -0.2) is 0 Å². The van der Waals surface area contributed by atoms with Gasteiger partial charge in [0.25, 0.3) is 0 Å². The van der Waals surface area contributed by atoms with Crippen molar-refractivity contribution in [3.63, 3.8) is 0 Å². The van der Waals surface area contributed by atoms with Gasteiger partial charge in [-0.15, -0.1) is 0 Å². The van der Waals surface area contributed by atoms with Crippen molar-refractivity contribution in [1.82, 2.24) is 4.98 Å². The van der Waals surface area contributed by atoms with Crippen molar-refractivity contribution in [2.75, 3.05) is 0 Å². The fraction of sp³-hybridized carbons (Fsp3) is 0.300. The van der Waals surface area contributed by atoms with Gasteiger partial charge in [-0.2, -0.15) is 0 Å². The number of nitrogens with two attached hydrogens (primary N) is 1. The summed E-state index contributed by atoms with van der Waals surface area (Å²) in [4.78, 5) is 4.32. The molecule has 0 atom stereocenters. The van der Waals surface area contributed by atoms with E-state index >= 15 is 0 Å². The van der Waals surface area contributed by atoms with Crippen molar-refractivity contribution in [2.45, 2.75) is 19.4 Å². The number of nitrogens with zero attached hydrogens (tertiary/aromatic N) is 1. The normalized spacial score (nSPS) is 14.4. The quantitative estimate of drug-likeness (QED) is 0.676. The highest BCUT2D eigenvalue weighted by molar-refractivity contribution is 5.58. The van der Waals surface area contributed by atoms with Crippen molar-refractivity contribution < 1.29 is 0 Å². The third-order valence-corrected chi connectivity index (χ3v) is 2.22. The molecule has 0 radical (unpaired) electrons. The molecule has 0 amide bonds. The smallest absolute Gasteiger partial charge is 0.0482 e. The maximum atomic E-state index is 5.61. The molecule has 62 valence electrons. The molecule has 2 rings (SSSR count). The molecule has 1 aliphatic rings. The van der Waals surface area contributed by atoms with E-state index in [9.17, 15) is 0 Å². The lowest BCUT2D eigenvalue weighted by atomic mass is 9.98.